The van der Waals surface area contributed by atoms with Crippen LogP contribution in [0, 0.1) is 6.92 Å². The van der Waals surface area contributed by atoms with Crippen molar-refractivity contribution in [1.82, 2.24) is 0 Å². The Bertz CT molecular complexity index is 646. The van der Waals surface area contributed by atoms with Crippen molar-refractivity contribution in [3.8, 4) is 0 Å². The Hall–Kier alpha value is -2.07. The first-order valence-corrected chi connectivity index (χ1v) is 8.60. The normalized spacial score (nSPS) is 12.8. The molecule has 0 N–H and O–H groups in total. The van der Waals surface area contributed by atoms with Crippen LogP contribution in [0.3, 0.4) is 0 Å². The lowest BCUT2D eigenvalue weighted by atomic mass is 10.1. The Kier molecular flexibility index (Phi) is 5.17. The molecule has 108 valence electrons. The molecule has 0 atom stereocenters. The average molecular weight is 298 g/mol. The molecule has 21 heavy (non-hydrogen) atoms. The maximum atomic E-state index is 12.3. The van der Waals surface area contributed by atoms with Gasteiger partial charge in [0.25, 0.3) is 0 Å². The largest absolute Gasteiger partial charge is 0.858 e. The average Bonchev–Trinajstić information content (AvgIpc) is 2.47. The topological polar surface area (TPSA) is 47.8 Å². The molecule has 2 aromatic carbocycles. The molecule has 0 amide bonds. The van der Waals surface area contributed by atoms with Crippen LogP contribution < -0.4 is 5.11 Å². The van der Waals surface area contributed by atoms with Gasteiger partial charge in [0.2, 0.25) is 5.84 Å². The summed E-state index contributed by atoms with van der Waals surface area (Å²) in [6.45, 7) is 1.99. The third-order valence-electron chi connectivity index (χ3n) is 2.81. The van der Waals surface area contributed by atoms with Crippen molar-refractivity contribution < 1.29 is 5.11 Å². The van der Waals surface area contributed by atoms with Crippen LogP contribution in [0.5, 0.6) is 0 Å². The minimum absolute atomic E-state index is 0.181. The summed E-state index contributed by atoms with van der Waals surface area (Å²) in [7, 11) is 0. The number of rotatable bonds is 3. The monoisotopic (exact) mass is 298 g/mol. The summed E-state index contributed by atoms with van der Waals surface area (Å²) in [6, 6.07) is 17.0. The molecule has 0 saturated heterocycles. The van der Waals surface area contributed by atoms with E-state index in [9.17, 15) is 5.11 Å². The second-order valence-corrected chi connectivity index (χ2v) is 6.57. The minimum atomic E-state index is -0.261. The SMILES string of the molecule is Cc1ccc(C([O-])=N/C(=N/[S+](C)C)c2ccccc2)cc1. The standard InChI is InChI=1S/C17H18N2OS/c1-13-9-11-15(12-10-13)17(20)18-16(19-21(2)3)14-7-5-4-6-8-14/h4-12H,1-3H3. The summed E-state index contributed by atoms with van der Waals surface area (Å²) in [5.74, 6) is 0.234. The molecule has 0 aromatic heterocycles. The van der Waals surface area contributed by atoms with Crippen molar-refractivity contribution in [1.29, 1.82) is 0 Å². The van der Waals surface area contributed by atoms with Crippen LogP contribution >= 0.6 is 0 Å². The van der Waals surface area contributed by atoms with E-state index in [4.69, 9.17) is 0 Å². The second kappa shape index (κ2) is 7.09. The van der Waals surface area contributed by atoms with Crippen molar-refractivity contribution in [2.75, 3.05) is 12.5 Å². The predicted octanol–water partition coefficient (Wildman–Crippen LogP) is 2.34. The van der Waals surface area contributed by atoms with Crippen molar-refractivity contribution in [2.24, 2.45) is 9.39 Å². The Labute approximate surface area is 128 Å². The molecule has 4 heteroatoms. The predicted molar refractivity (Wildman–Crippen MR) is 89.9 cm³/mol. The van der Waals surface area contributed by atoms with E-state index in [1.54, 1.807) is 12.1 Å². The van der Waals surface area contributed by atoms with Gasteiger partial charge in [-0.25, -0.2) is 4.99 Å². The summed E-state index contributed by atoms with van der Waals surface area (Å²) in [6.07, 6.45) is 3.99. The van der Waals surface area contributed by atoms with Crippen molar-refractivity contribution in [3.05, 3.63) is 71.3 Å². The van der Waals surface area contributed by atoms with Crippen LogP contribution in [0.15, 0.2) is 64.0 Å². The van der Waals surface area contributed by atoms with E-state index in [1.807, 2.05) is 61.9 Å². The lowest BCUT2D eigenvalue weighted by Gasteiger charge is -2.11. The molecule has 0 fully saturated rings. The van der Waals surface area contributed by atoms with Crippen molar-refractivity contribution >= 4 is 22.8 Å². The molecule has 0 saturated carbocycles. The Morgan fingerprint density at radius 3 is 2.10 bits per heavy atom. The Balaban J connectivity index is 2.39. The fourth-order valence-electron chi connectivity index (χ4n) is 1.75. The van der Waals surface area contributed by atoms with Gasteiger partial charge < -0.3 is 5.11 Å². The number of aryl methyl sites for hydroxylation is 1. The molecular formula is C17H18N2OS. The smallest absolute Gasteiger partial charge is 0.209 e. The van der Waals surface area contributed by atoms with E-state index in [1.165, 1.54) is 0 Å². The molecule has 0 heterocycles. The molecular weight excluding hydrogens is 280 g/mol. The zero-order chi connectivity index (χ0) is 15.2. The molecule has 0 aliphatic heterocycles. The van der Waals surface area contributed by atoms with Crippen molar-refractivity contribution in [3.63, 3.8) is 0 Å². The van der Waals surface area contributed by atoms with Gasteiger partial charge in [-0.2, -0.15) is 0 Å². The molecule has 0 aliphatic rings. The number of aliphatic imine (C=N–C) groups is 1. The molecule has 0 unspecified atom stereocenters. The quantitative estimate of drug-likeness (QED) is 0.487. The fourth-order valence-corrected chi connectivity index (χ4v) is 2.25. The van der Waals surface area contributed by atoms with Crippen LogP contribution in [0.1, 0.15) is 16.7 Å². The highest BCUT2D eigenvalue weighted by Crippen LogP contribution is 2.08. The van der Waals surface area contributed by atoms with Gasteiger partial charge >= 0.3 is 0 Å². The van der Waals surface area contributed by atoms with Crippen LogP contribution in [-0.2, 0) is 11.1 Å². The summed E-state index contributed by atoms with van der Waals surface area (Å²) in [5, 5.41) is 12.3. The van der Waals surface area contributed by atoms with Gasteiger partial charge in [0.05, 0.1) is 0 Å². The number of amidine groups is 1. The maximum absolute atomic E-state index is 12.3. The van der Waals surface area contributed by atoms with Crippen LogP contribution in [0.4, 0.5) is 0 Å². The first-order chi connectivity index (χ1) is 10.1. The highest BCUT2D eigenvalue weighted by molar-refractivity contribution is 7.94. The fraction of sp³-hybridized carbons (Fsp3) is 0.176. The summed E-state index contributed by atoms with van der Waals surface area (Å²) >= 11 is -0.181. The first kappa shape index (κ1) is 15.3. The maximum Gasteiger partial charge on any atom is 0.209 e. The molecule has 2 aromatic rings. The summed E-state index contributed by atoms with van der Waals surface area (Å²) in [4.78, 5) is 4.20. The van der Waals surface area contributed by atoms with E-state index in [0.717, 1.165) is 11.1 Å². The molecule has 0 bridgehead atoms. The summed E-state index contributed by atoms with van der Waals surface area (Å²) < 4.78 is 4.49. The third-order valence-corrected chi connectivity index (χ3v) is 3.35. The molecule has 0 aliphatic carbocycles. The molecule has 0 radical (unpaired) electrons. The van der Waals surface area contributed by atoms with Gasteiger partial charge in [-0.1, -0.05) is 60.2 Å². The molecule has 2 rings (SSSR count). The number of hydrogen-bond acceptors (Lipinski definition) is 2. The zero-order valence-corrected chi connectivity index (χ0v) is 13.2. The van der Waals surface area contributed by atoms with Gasteiger partial charge in [0.15, 0.2) is 0 Å². The van der Waals surface area contributed by atoms with E-state index >= 15 is 0 Å². The number of hydrogen-bond donors (Lipinski definition) is 0. The van der Waals surface area contributed by atoms with Crippen LogP contribution in [-0.4, -0.2) is 24.2 Å². The van der Waals surface area contributed by atoms with Crippen LogP contribution in [0.2, 0.25) is 0 Å². The Morgan fingerprint density at radius 2 is 1.52 bits per heavy atom. The van der Waals surface area contributed by atoms with Crippen molar-refractivity contribution in [2.45, 2.75) is 6.92 Å². The number of nitrogens with zero attached hydrogens (tertiary/aromatic N) is 2. The third kappa shape index (κ3) is 4.46. The van der Waals surface area contributed by atoms with Gasteiger partial charge in [-0.3, -0.25) is 0 Å². The van der Waals surface area contributed by atoms with Gasteiger partial charge in [0.1, 0.15) is 23.6 Å². The second-order valence-electron chi connectivity index (χ2n) is 4.84. The minimum Gasteiger partial charge on any atom is -0.858 e. The summed E-state index contributed by atoms with van der Waals surface area (Å²) in [5.41, 5.74) is 2.56. The van der Waals surface area contributed by atoms with E-state index in [-0.39, 0.29) is 17.0 Å². The first-order valence-electron chi connectivity index (χ1n) is 6.61. The van der Waals surface area contributed by atoms with E-state index in [0.29, 0.717) is 11.4 Å². The highest BCUT2D eigenvalue weighted by atomic mass is 32.2. The molecule has 3 nitrogen and oxygen atoms in total. The molecule has 0 spiro atoms. The van der Waals surface area contributed by atoms with Gasteiger partial charge in [-0.15, -0.1) is 0 Å². The van der Waals surface area contributed by atoms with Gasteiger partial charge in [0, 0.05) is 5.56 Å². The van der Waals surface area contributed by atoms with Crippen LogP contribution in [0.25, 0.3) is 0 Å². The highest BCUT2D eigenvalue weighted by Gasteiger charge is 2.08. The Morgan fingerprint density at radius 1 is 0.905 bits per heavy atom. The van der Waals surface area contributed by atoms with Gasteiger partial charge in [-0.05, 0) is 22.8 Å². The number of benzene rings is 2. The lowest BCUT2D eigenvalue weighted by Crippen LogP contribution is -2.21. The lowest BCUT2D eigenvalue weighted by molar-refractivity contribution is -0.212. The zero-order valence-electron chi connectivity index (χ0n) is 12.4. The van der Waals surface area contributed by atoms with E-state index < -0.39 is 0 Å². The van der Waals surface area contributed by atoms with E-state index in [2.05, 4.69) is 9.39 Å².